The number of benzene rings is 6. The largest absolute Gasteiger partial charge is 0.269 e. The molecule has 0 amide bonds. The number of hydrogen-bond acceptors (Lipinski definition) is 4. The number of hydrogen-bond donors (Lipinski definition) is 0. The first kappa shape index (κ1) is 25.8. The highest BCUT2D eigenvalue weighted by atomic mass is 16.7. The van der Waals surface area contributed by atoms with E-state index in [1.54, 1.807) is 0 Å². The third kappa shape index (κ3) is 4.29. The Hall–Kier alpha value is -4.64. The second kappa shape index (κ2) is 10.5. The molecule has 4 heterocycles. The molecule has 0 N–H and O–H groups in total. The Morgan fingerprint density at radius 3 is 1.34 bits per heavy atom. The molecule has 4 nitrogen and oxygen atoms in total. The van der Waals surface area contributed by atoms with Crippen molar-refractivity contribution >= 4 is 32.9 Å². The summed E-state index contributed by atoms with van der Waals surface area (Å²) in [5.41, 5.74) is 8.01. The fourth-order valence-corrected chi connectivity index (χ4v) is 7.81. The summed E-state index contributed by atoms with van der Waals surface area (Å²) in [4.78, 5) is 12.3. The first-order chi connectivity index (χ1) is 21.8. The van der Waals surface area contributed by atoms with Crippen molar-refractivity contribution in [2.75, 3.05) is 10.1 Å². The first-order valence-corrected chi connectivity index (χ1v) is 15.8. The van der Waals surface area contributed by atoms with Crippen LogP contribution in [0.2, 0.25) is 0 Å². The summed E-state index contributed by atoms with van der Waals surface area (Å²) in [5, 5.41) is 9.57. The van der Waals surface area contributed by atoms with Gasteiger partial charge in [-0.25, -0.2) is 10.1 Å². The summed E-state index contributed by atoms with van der Waals surface area (Å²) in [5.74, 6) is 0. The summed E-state index contributed by atoms with van der Waals surface area (Å²) in [6, 6.07) is 48.3. The van der Waals surface area contributed by atoms with Crippen LogP contribution >= 0.6 is 0 Å². The van der Waals surface area contributed by atoms with Crippen molar-refractivity contribution in [2.24, 2.45) is 0 Å². The maximum Gasteiger partial charge on any atom is 0.0921 e. The molecule has 0 spiro atoms. The third-order valence-corrected chi connectivity index (χ3v) is 9.78. The van der Waals surface area contributed by atoms with Crippen LogP contribution in [-0.2, 0) is 22.5 Å². The molecule has 2 fully saturated rings. The Morgan fingerprint density at radius 2 is 0.841 bits per heavy atom. The summed E-state index contributed by atoms with van der Waals surface area (Å²) >= 11 is 0. The van der Waals surface area contributed by atoms with Crippen molar-refractivity contribution in [2.45, 2.75) is 50.0 Å². The van der Waals surface area contributed by atoms with Crippen LogP contribution in [0.1, 0.15) is 47.2 Å². The van der Waals surface area contributed by atoms with Crippen molar-refractivity contribution in [3.8, 4) is 0 Å². The highest BCUT2D eigenvalue weighted by molar-refractivity contribution is 5.87. The Morgan fingerprint density at radius 1 is 0.432 bits per heavy atom. The van der Waals surface area contributed by atoms with Crippen LogP contribution in [0.4, 0.5) is 11.4 Å². The molecule has 0 unspecified atom stereocenters. The molecule has 0 aliphatic carbocycles. The van der Waals surface area contributed by atoms with E-state index in [0.717, 1.165) is 25.7 Å². The molecule has 216 valence electrons. The lowest BCUT2D eigenvalue weighted by atomic mass is 9.95. The zero-order chi connectivity index (χ0) is 29.0. The van der Waals surface area contributed by atoms with Gasteiger partial charge < -0.3 is 0 Å². The molecule has 4 aliphatic rings. The Balaban J connectivity index is 0.000000123. The molecule has 44 heavy (non-hydrogen) atoms. The van der Waals surface area contributed by atoms with Crippen LogP contribution in [0.3, 0.4) is 0 Å². The lowest BCUT2D eigenvalue weighted by molar-refractivity contribution is 0.0733. The number of nitrogens with zero attached hydrogens (tertiary/aromatic N) is 2. The molecule has 2 saturated heterocycles. The second-order valence-electron chi connectivity index (χ2n) is 12.4. The molecule has 4 bridgehead atoms. The van der Waals surface area contributed by atoms with Gasteiger partial charge in [-0.1, -0.05) is 121 Å². The minimum Gasteiger partial charge on any atom is -0.269 e. The van der Waals surface area contributed by atoms with Gasteiger partial charge in [-0.05, 0) is 55.9 Å². The van der Waals surface area contributed by atoms with E-state index in [1.165, 1.54) is 55.2 Å². The summed E-state index contributed by atoms with van der Waals surface area (Å²) in [7, 11) is 0. The van der Waals surface area contributed by atoms with Gasteiger partial charge in [0.25, 0.3) is 0 Å². The van der Waals surface area contributed by atoms with E-state index >= 15 is 0 Å². The molecule has 0 aromatic heterocycles. The zero-order valence-corrected chi connectivity index (χ0v) is 24.6. The van der Waals surface area contributed by atoms with Gasteiger partial charge in [0, 0.05) is 25.7 Å². The molecule has 4 heteroatoms. The fraction of sp³-hybridized carbons (Fsp3) is 0.200. The monoisotopic (exact) mass is 574 g/mol. The van der Waals surface area contributed by atoms with Gasteiger partial charge >= 0.3 is 0 Å². The van der Waals surface area contributed by atoms with Gasteiger partial charge in [0.1, 0.15) is 0 Å². The van der Waals surface area contributed by atoms with Gasteiger partial charge in [-0.2, -0.15) is 0 Å². The van der Waals surface area contributed by atoms with E-state index < -0.39 is 0 Å². The Bertz CT molecular complexity index is 1850. The van der Waals surface area contributed by atoms with Crippen molar-refractivity contribution in [3.05, 3.63) is 156 Å². The van der Waals surface area contributed by atoms with E-state index in [1.807, 2.05) is 0 Å². The minimum atomic E-state index is 0.305. The van der Waals surface area contributed by atoms with Crippen molar-refractivity contribution < 1.29 is 9.68 Å². The quantitative estimate of drug-likeness (QED) is 0.206. The van der Waals surface area contributed by atoms with E-state index in [0.29, 0.717) is 24.3 Å². The molecule has 6 aromatic carbocycles. The molecule has 4 aliphatic heterocycles. The van der Waals surface area contributed by atoms with Crippen LogP contribution < -0.4 is 10.1 Å². The van der Waals surface area contributed by atoms with Crippen molar-refractivity contribution in [1.29, 1.82) is 0 Å². The Kier molecular flexibility index (Phi) is 6.17. The van der Waals surface area contributed by atoms with Crippen LogP contribution in [0.5, 0.6) is 0 Å². The first-order valence-electron chi connectivity index (χ1n) is 15.8. The summed E-state index contributed by atoms with van der Waals surface area (Å²) in [6.07, 6.45) is 4.77. The van der Waals surface area contributed by atoms with Crippen molar-refractivity contribution in [3.63, 3.8) is 0 Å². The summed E-state index contributed by atoms with van der Waals surface area (Å²) < 4.78 is 0. The third-order valence-electron chi connectivity index (χ3n) is 9.78. The SMILES string of the molecule is c1ccc2c(c1)C[C@@H]1C[C@@H](c3cccc4ccccc34)N2O1.c1ccc2c(c1)C[C@@H]1C[C@@H](c3cccc4ccccc34)N2O1. The highest BCUT2D eigenvalue weighted by Gasteiger charge is 2.41. The van der Waals surface area contributed by atoms with Gasteiger partial charge in [0.2, 0.25) is 0 Å². The molecule has 0 saturated carbocycles. The Labute approximate surface area is 258 Å². The average Bonchev–Trinajstić information content (AvgIpc) is 3.61. The van der Waals surface area contributed by atoms with Gasteiger partial charge in [0.15, 0.2) is 0 Å². The van der Waals surface area contributed by atoms with Gasteiger partial charge in [-0.3, -0.25) is 9.68 Å². The molecule has 6 aromatic rings. The average molecular weight is 575 g/mol. The number of para-hydroxylation sites is 2. The fourth-order valence-electron chi connectivity index (χ4n) is 7.81. The molecule has 0 radical (unpaired) electrons. The zero-order valence-electron chi connectivity index (χ0n) is 24.6. The predicted octanol–water partition coefficient (Wildman–Crippen LogP) is 9.29. The van der Waals surface area contributed by atoms with Crippen LogP contribution in [0.25, 0.3) is 21.5 Å². The topological polar surface area (TPSA) is 24.9 Å². The number of fused-ring (bicyclic) bond motifs is 10. The normalized spacial score (nSPS) is 22.8. The lowest BCUT2D eigenvalue weighted by Gasteiger charge is -2.30. The molecule has 4 atom stereocenters. The highest BCUT2D eigenvalue weighted by Crippen LogP contribution is 2.47. The van der Waals surface area contributed by atoms with Gasteiger partial charge in [-0.15, -0.1) is 0 Å². The number of rotatable bonds is 2. The lowest BCUT2D eigenvalue weighted by Crippen LogP contribution is -2.27. The van der Waals surface area contributed by atoms with Crippen LogP contribution in [0.15, 0.2) is 133 Å². The molecule has 10 rings (SSSR count). The van der Waals surface area contributed by atoms with Crippen LogP contribution in [0, 0.1) is 0 Å². The maximum absolute atomic E-state index is 6.17. The maximum atomic E-state index is 6.17. The van der Waals surface area contributed by atoms with E-state index in [-0.39, 0.29) is 0 Å². The second-order valence-corrected chi connectivity index (χ2v) is 12.4. The van der Waals surface area contributed by atoms with E-state index in [9.17, 15) is 0 Å². The summed E-state index contributed by atoms with van der Waals surface area (Å²) in [6.45, 7) is 0. The standard InChI is InChI=1S/2C20H17NO/c2*1-3-9-17-14(6-1)8-5-10-18(17)20-13-16-12-15-7-2-4-11-19(15)21(20)22-16/h2*1-11,16,20H,12-13H2/t2*16-,20+/m11/s1. The minimum absolute atomic E-state index is 0.305. The van der Waals surface area contributed by atoms with Crippen molar-refractivity contribution in [1.82, 2.24) is 0 Å². The van der Waals surface area contributed by atoms with Crippen LogP contribution in [-0.4, -0.2) is 12.2 Å². The van der Waals surface area contributed by atoms with E-state index in [4.69, 9.17) is 9.68 Å². The molecular formula is C40H34N2O2. The van der Waals surface area contributed by atoms with E-state index in [2.05, 4.69) is 144 Å². The van der Waals surface area contributed by atoms with Gasteiger partial charge in [0.05, 0.1) is 35.7 Å². The molecular weight excluding hydrogens is 540 g/mol. The predicted molar refractivity (Wildman–Crippen MR) is 178 cm³/mol. The number of hydroxylamine groups is 2. The smallest absolute Gasteiger partial charge is 0.0921 e. The number of anilines is 2.